The summed E-state index contributed by atoms with van der Waals surface area (Å²) in [4.78, 5) is 16.1. The van der Waals surface area contributed by atoms with Crippen molar-refractivity contribution < 1.29 is 22.7 Å². The molecule has 0 atom stereocenters. The van der Waals surface area contributed by atoms with Gasteiger partial charge in [-0.25, -0.2) is 13.2 Å². The summed E-state index contributed by atoms with van der Waals surface area (Å²) in [6.07, 6.45) is 3.31. The molecule has 1 aromatic heterocycles. The molecule has 1 heterocycles. The second-order valence-corrected chi connectivity index (χ2v) is 8.13. The molecule has 0 fully saturated rings. The van der Waals surface area contributed by atoms with Crippen molar-refractivity contribution in [3.63, 3.8) is 0 Å². The van der Waals surface area contributed by atoms with Gasteiger partial charge in [0.05, 0.1) is 19.1 Å². The topological polar surface area (TPSA) is 107 Å². The number of rotatable bonds is 7. The Balaban J connectivity index is 1.71. The Labute approximate surface area is 174 Å². The van der Waals surface area contributed by atoms with Gasteiger partial charge in [0, 0.05) is 30.7 Å². The van der Waals surface area contributed by atoms with E-state index in [9.17, 15) is 13.2 Å². The molecular weight excluding hydrogens is 406 g/mol. The quantitative estimate of drug-likeness (QED) is 0.599. The summed E-state index contributed by atoms with van der Waals surface area (Å²) in [5, 5.41) is 5.37. The van der Waals surface area contributed by atoms with Crippen molar-refractivity contribution in [2.75, 3.05) is 19.5 Å². The summed E-state index contributed by atoms with van der Waals surface area (Å²) < 4.78 is 36.3. The number of methoxy groups -OCH3 is 2. The number of hydrogen-bond donors (Lipinski definition) is 2. The SMILES string of the molecule is COc1ccc(S(=O)(=O)c2ccc(NC(=O)NCc3cccnc3)cc2)c(OC)c1. The lowest BCUT2D eigenvalue weighted by atomic mass is 10.3. The molecular formula is C21H21N3O5S. The normalized spacial score (nSPS) is 10.9. The van der Waals surface area contributed by atoms with Crippen molar-refractivity contribution >= 4 is 21.6 Å². The first-order chi connectivity index (χ1) is 14.4. The third-order valence-corrected chi connectivity index (χ3v) is 6.07. The molecule has 2 amide bonds. The molecule has 8 nitrogen and oxygen atoms in total. The second kappa shape index (κ2) is 9.27. The molecule has 156 valence electrons. The maximum atomic E-state index is 13.0. The zero-order chi connectivity index (χ0) is 21.6. The Bertz CT molecular complexity index is 1120. The lowest BCUT2D eigenvalue weighted by Crippen LogP contribution is -2.28. The molecule has 2 N–H and O–H groups in total. The molecule has 3 aromatic rings. The first kappa shape index (κ1) is 21.1. The van der Waals surface area contributed by atoms with Crippen LogP contribution >= 0.6 is 0 Å². The van der Waals surface area contributed by atoms with E-state index in [1.807, 2.05) is 6.07 Å². The van der Waals surface area contributed by atoms with Crippen LogP contribution in [0.25, 0.3) is 0 Å². The highest BCUT2D eigenvalue weighted by atomic mass is 32.2. The zero-order valence-corrected chi connectivity index (χ0v) is 17.3. The van der Waals surface area contributed by atoms with Gasteiger partial charge in [0.2, 0.25) is 9.84 Å². The van der Waals surface area contributed by atoms with Crippen molar-refractivity contribution in [3.8, 4) is 11.5 Å². The summed E-state index contributed by atoms with van der Waals surface area (Å²) in [6, 6.07) is 13.6. The Morgan fingerprint density at radius 3 is 2.43 bits per heavy atom. The first-order valence-corrected chi connectivity index (χ1v) is 10.4. The van der Waals surface area contributed by atoms with Gasteiger partial charge in [-0.1, -0.05) is 6.07 Å². The van der Waals surface area contributed by atoms with Crippen LogP contribution in [0.3, 0.4) is 0 Å². The molecule has 0 aliphatic carbocycles. The first-order valence-electron chi connectivity index (χ1n) is 8.95. The predicted molar refractivity (Wildman–Crippen MR) is 112 cm³/mol. The van der Waals surface area contributed by atoms with E-state index in [4.69, 9.17) is 9.47 Å². The van der Waals surface area contributed by atoms with Crippen molar-refractivity contribution in [2.45, 2.75) is 16.3 Å². The van der Waals surface area contributed by atoms with Gasteiger partial charge in [-0.2, -0.15) is 0 Å². The standard InChI is InChI=1S/C21H21N3O5S/c1-28-17-7-10-20(19(12-17)29-2)30(26,27)18-8-5-16(6-9-18)24-21(25)23-14-15-4-3-11-22-13-15/h3-13H,14H2,1-2H3,(H2,23,24,25). The number of aromatic nitrogens is 1. The number of anilines is 1. The largest absolute Gasteiger partial charge is 0.497 e. The summed E-state index contributed by atoms with van der Waals surface area (Å²) >= 11 is 0. The van der Waals surface area contributed by atoms with E-state index >= 15 is 0 Å². The molecule has 0 saturated heterocycles. The van der Waals surface area contributed by atoms with E-state index in [1.54, 1.807) is 24.5 Å². The van der Waals surface area contributed by atoms with Crippen LogP contribution in [0.5, 0.6) is 11.5 Å². The Morgan fingerprint density at radius 2 is 1.80 bits per heavy atom. The highest BCUT2D eigenvalue weighted by Crippen LogP contribution is 2.32. The van der Waals surface area contributed by atoms with Crippen LogP contribution < -0.4 is 20.1 Å². The number of carbonyl (C=O) groups excluding carboxylic acids is 1. The van der Waals surface area contributed by atoms with E-state index in [2.05, 4.69) is 15.6 Å². The van der Waals surface area contributed by atoms with Crippen LogP contribution in [0.2, 0.25) is 0 Å². The maximum Gasteiger partial charge on any atom is 0.319 e. The third kappa shape index (κ3) is 4.87. The number of amides is 2. The molecule has 0 unspecified atom stereocenters. The van der Waals surface area contributed by atoms with Crippen molar-refractivity contribution in [3.05, 3.63) is 72.6 Å². The van der Waals surface area contributed by atoms with Gasteiger partial charge in [0.25, 0.3) is 0 Å². The second-order valence-electron chi connectivity index (χ2n) is 6.21. The molecule has 0 spiro atoms. The lowest BCUT2D eigenvalue weighted by molar-refractivity contribution is 0.251. The number of sulfone groups is 1. The Kier molecular flexibility index (Phi) is 6.53. The van der Waals surface area contributed by atoms with Crippen molar-refractivity contribution in [2.24, 2.45) is 0 Å². The minimum Gasteiger partial charge on any atom is -0.497 e. The number of urea groups is 1. The van der Waals surface area contributed by atoms with E-state index in [0.29, 0.717) is 18.0 Å². The molecule has 9 heteroatoms. The monoisotopic (exact) mass is 427 g/mol. The summed E-state index contributed by atoms with van der Waals surface area (Å²) in [7, 11) is -0.933. The average Bonchev–Trinajstić information content (AvgIpc) is 2.78. The van der Waals surface area contributed by atoms with Crippen LogP contribution in [0, 0.1) is 0 Å². The molecule has 0 saturated carbocycles. The molecule has 2 aromatic carbocycles. The fraction of sp³-hybridized carbons (Fsp3) is 0.143. The lowest BCUT2D eigenvalue weighted by Gasteiger charge is -2.12. The maximum absolute atomic E-state index is 13.0. The van der Waals surface area contributed by atoms with Crippen LogP contribution in [-0.2, 0) is 16.4 Å². The number of pyridine rings is 1. The summed E-state index contributed by atoms with van der Waals surface area (Å²) in [5.41, 5.74) is 1.32. The number of nitrogens with zero attached hydrogens (tertiary/aromatic N) is 1. The average molecular weight is 427 g/mol. The highest BCUT2D eigenvalue weighted by Gasteiger charge is 2.22. The van der Waals surface area contributed by atoms with Crippen LogP contribution in [0.15, 0.2) is 76.8 Å². The molecule has 30 heavy (non-hydrogen) atoms. The minimum absolute atomic E-state index is 0.0284. The van der Waals surface area contributed by atoms with Crippen molar-refractivity contribution in [1.82, 2.24) is 10.3 Å². The summed E-state index contributed by atoms with van der Waals surface area (Å²) in [5.74, 6) is 0.675. The van der Waals surface area contributed by atoms with Gasteiger partial charge in [-0.05, 0) is 48.0 Å². The van der Waals surface area contributed by atoms with Crippen molar-refractivity contribution in [1.29, 1.82) is 0 Å². The predicted octanol–water partition coefficient (Wildman–Crippen LogP) is 3.25. The Morgan fingerprint density at radius 1 is 1.03 bits per heavy atom. The molecule has 0 aliphatic heterocycles. The smallest absolute Gasteiger partial charge is 0.319 e. The van der Waals surface area contributed by atoms with Crippen LogP contribution in [0.4, 0.5) is 10.5 Å². The van der Waals surface area contributed by atoms with Crippen LogP contribution in [-0.4, -0.2) is 33.7 Å². The number of nitrogens with one attached hydrogen (secondary N) is 2. The van der Waals surface area contributed by atoms with Gasteiger partial charge in [0.15, 0.2) is 0 Å². The summed E-state index contributed by atoms with van der Waals surface area (Å²) in [6.45, 7) is 0.323. The van der Waals surface area contributed by atoms with E-state index in [-0.39, 0.29) is 15.5 Å². The Hall–Kier alpha value is -3.59. The van der Waals surface area contributed by atoms with Gasteiger partial charge >= 0.3 is 6.03 Å². The minimum atomic E-state index is -3.81. The van der Waals surface area contributed by atoms with Crippen LogP contribution in [0.1, 0.15) is 5.56 Å². The van der Waals surface area contributed by atoms with Gasteiger partial charge in [0.1, 0.15) is 16.4 Å². The van der Waals surface area contributed by atoms with Gasteiger partial charge in [-0.3, -0.25) is 4.98 Å². The fourth-order valence-corrected chi connectivity index (χ4v) is 4.10. The van der Waals surface area contributed by atoms with Gasteiger partial charge < -0.3 is 20.1 Å². The number of benzene rings is 2. The number of hydrogen-bond acceptors (Lipinski definition) is 6. The zero-order valence-electron chi connectivity index (χ0n) is 16.5. The molecule has 0 bridgehead atoms. The molecule has 0 aliphatic rings. The van der Waals surface area contributed by atoms with E-state index in [0.717, 1.165) is 5.56 Å². The number of ether oxygens (including phenoxy) is 2. The number of carbonyl (C=O) groups is 1. The van der Waals surface area contributed by atoms with E-state index in [1.165, 1.54) is 50.6 Å². The molecule has 3 rings (SSSR count). The third-order valence-electron chi connectivity index (χ3n) is 4.26. The molecule has 0 radical (unpaired) electrons. The van der Waals surface area contributed by atoms with E-state index < -0.39 is 15.9 Å². The van der Waals surface area contributed by atoms with Gasteiger partial charge in [-0.15, -0.1) is 0 Å². The fourth-order valence-electron chi connectivity index (χ4n) is 2.70. The highest BCUT2D eigenvalue weighted by molar-refractivity contribution is 7.91.